The van der Waals surface area contributed by atoms with E-state index in [1.54, 1.807) is 6.20 Å². The third-order valence-electron chi connectivity index (χ3n) is 2.30. The third kappa shape index (κ3) is 2.57. The van der Waals surface area contributed by atoms with Crippen molar-refractivity contribution in [3.05, 3.63) is 54.1 Å². The summed E-state index contributed by atoms with van der Waals surface area (Å²) in [6, 6.07) is 10.1. The quantitative estimate of drug-likeness (QED) is 0.718. The molecule has 0 bridgehead atoms. The number of benzene rings is 1. The molecule has 0 radical (unpaired) electrons. The fraction of sp³-hybridized carbons (Fsp3) is 0.231. The molecule has 3 heteroatoms. The summed E-state index contributed by atoms with van der Waals surface area (Å²) in [7, 11) is 0. The molecule has 2 rings (SSSR count). The molecule has 0 aliphatic rings. The first kappa shape index (κ1) is 10.6. The molecule has 0 amide bonds. The number of hydrogen-bond donors (Lipinski definition) is 0. The van der Waals surface area contributed by atoms with Gasteiger partial charge in [-0.1, -0.05) is 37.3 Å². The van der Waals surface area contributed by atoms with Gasteiger partial charge in [0, 0.05) is 18.8 Å². The van der Waals surface area contributed by atoms with E-state index in [0.29, 0.717) is 0 Å². The summed E-state index contributed by atoms with van der Waals surface area (Å²) in [5.41, 5.74) is 1.10. The van der Waals surface area contributed by atoms with Gasteiger partial charge in [0.1, 0.15) is 5.82 Å². The Labute approximate surface area is 95.5 Å². The lowest BCUT2D eigenvalue weighted by atomic mass is 10.2. The van der Waals surface area contributed by atoms with Gasteiger partial charge in [0.2, 0.25) is 0 Å². The zero-order chi connectivity index (χ0) is 11.2. The van der Waals surface area contributed by atoms with Crippen LogP contribution in [0.1, 0.15) is 24.7 Å². The van der Waals surface area contributed by atoms with Gasteiger partial charge in [-0.3, -0.25) is 0 Å². The van der Waals surface area contributed by atoms with E-state index in [-0.39, 0.29) is 0 Å². The Kier molecular flexibility index (Phi) is 3.49. The molecule has 0 fully saturated rings. The van der Waals surface area contributed by atoms with Crippen molar-refractivity contribution in [3.63, 3.8) is 0 Å². The average Bonchev–Trinajstić information content (AvgIpc) is 2.76. The number of nitrogens with zero attached hydrogens (tertiary/aromatic N) is 3. The van der Waals surface area contributed by atoms with Gasteiger partial charge in [-0.25, -0.2) is 9.66 Å². The Balaban J connectivity index is 2.14. The van der Waals surface area contributed by atoms with E-state index in [2.05, 4.69) is 17.0 Å². The molecular weight excluding hydrogens is 198 g/mol. The Bertz CT molecular complexity index is 457. The first-order valence-corrected chi connectivity index (χ1v) is 5.52. The zero-order valence-corrected chi connectivity index (χ0v) is 9.37. The van der Waals surface area contributed by atoms with E-state index in [1.165, 1.54) is 0 Å². The van der Waals surface area contributed by atoms with Crippen LogP contribution in [-0.2, 0) is 6.42 Å². The van der Waals surface area contributed by atoms with Crippen LogP contribution in [0.5, 0.6) is 0 Å². The highest BCUT2D eigenvalue weighted by Crippen LogP contribution is 2.01. The molecule has 82 valence electrons. The lowest BCUT2D eigenvalue weighted by molar-refractivity contribution is 0.745. The molecular formula is C13H15N3. The van der Waals surface area contributed by atoms with Crippen molar-refractivity contribution in [2.45, 2.75) is 19.8 Å². The molecule has 0 aliphatic carbocycles. The van der Waals surface area contributed by atoms with Gasteiger partial charge in [0.25, 0.3) is 0 Å². The Morgan fingerprint density at radius 1 is 1.31 bits per heavy atom. The molecule has 0 spiro atoms. The normalized spacial score (nSPS) is 11.1. The van der Waals surface area contributed by atoms with Crippen LogP contribution in [0.2, 0.25) is 0 Å². The maximum atomic E-state index is 4.38. The highest BCUT2D eigenvalue weighted by molar-refractivity contribution is 5.79. The fourth-order valence-electron chi connectivity index (χ4n) is 1.50. The SMILES string of the molecule is CCCc1nccn1N=Cc1ccccc1. The summed E-state index contributed by atoms with van der Waals surface area (Å²) in [6.45, 7) is 2.14. The summed E-state index contributed by atoms with van der Waals surface area (Å²) in [5.74, 6) is 1.01. The zero-order valence-electron chi connectivity index (χ0n) is 9.37. The predicted octanol–water partition coefficient (Wildman–Crippen LogP) is 2.72. The van der Waals surface area contributed by atoms with Crippen LogP contribution in [0.4, 0.5) is 0 Å². The van der Waals surface area contributed by atoms with Crippen LogP contribution in [0, 0.1) is 0 Å². The minimum atomic E-state index is 0.957. The lowest BCUT2D eigenvalue weighted by Crippen LogP contribution is -1.97. The Morgan fingerprint density at radius 3 is 2.88 bits per heavy atom. The molecule has 16 heavy (non-hydrogen) atoms. The molecule has 0 saturated carbocycles. The molecule has 0 saturated heterocycles. The second kappa shape index (κ2) is 5.26. The number of aryl methyl sites for hydroxylation is 1. The van der Waals surface area contributed by atoms with Crippen molar-refractivity contribution in [2.24, 2.45) is 5.10 Å². The van der Waals surface area contributed by atoms with Gasteiger partial charge in [-0.2, -0.15) is 5.10 Å². The molecule has 0 atom stereocenters. The molecule has 0 unspecified atom stereocenters. The summed E-state index contributed by atoms with van der Waals surface area (Å²) >= 11 is 0. The van der Waals surface area contributed by atoms with Gasteiger partial charge < -0.3 is 0 Å². The van der Waals surface area contributed by atoms with Gasteiger partial charge in [0.15, 0.2) is 0 Å². The fourth-order valence-corrected chi connectivity index (χ4v) is 1.50. The molecule has 1 heterocycles. The molecule has 2 aromatic rings. The predicted molar refractivity (Wildman–Crippen MR) is 65.7 cm³/mol. The van der Waals surface area contributed by atoms with Gasteiger partial charge >= 0.3 is 0 Å². The topological polar surface area (TPSA) is 30.2 Å². The summed E-state index contributed by atoms with van der Waals surface area (Å²) < 4.78 is 1.83. The Morgan fingerprint density at radius 2 is 2.12 bits per heavy atom. The molecule has 0 aliphatic heterocycles. The van der Waals surface area contributed by atoms with E-state index >= 15 is 0 Å². The van der Waals surface area contributed by atoms with E-state index in [1.807, 2.05) is 47.4 Å². The van der Waals surface area contributed by atoms with Crippen molar-refractivity contribution < 1.29 is 0 Å². The van der Waals surface area contributed by atoms with Crippen LogP contribution in [0.15, 0.2) is 47.8 Å². The first-order valence-electron chi connectivity index (χ1n) is 5.52. The largest absolute Gasteiger partial charge is 0.240 e. The minimum Gasteiger partial charge on any atom is -0.240 e. The third-order valence-corrected chi connectivity index (χ3v) is 2.30. The lowest BCUT2D eigenvalue weighted by Gasteiger charge is -1.99. The summed E-state index contributed by atoms with van der Waals surface area (Å²) in [4.78, 5) is 4.27. The molecule has 3 nitrogen and oxygen atoms in total. The number of rotatable bonds is 4. The molecule has 1 aromatic carbocycles. The van der Waals surface area contributed by atoms with Crippen LogP contribution >= 0.6 is 0 Å². The second-order valence-electron chi connectivity index (χ2n) is 3.59. The smallest absolute Gasteiger partial charge is 0.129 e. The second-order valence-corrected chi connectivity index (χ2v) is 3.59. The van der Waals surface area contributed by atoms with Crippen molar-refractivity contribution in [2.75, 3.05) is 0 Å². The van der Waals surface area contributed by atoms with E-state index in [4.69, 9.17) is 0 Å². The maximum absolute atomic E-state index is 4.38. The van der Waals surface area contributed by atoms with Crippen molar-refractivity contribution >= 4 is 6.21 Å². The van der Waals surface area contributed by atoms with Gasteiger partial charge in [0.05, 0.1) is 6.21 Å². The van der Waals surface area contributed by atoms with Crippen LogP contribution < -0.4 is 0 Å². The van der Waals surface area contributed by atoms with Gasteiger partial charge in [-0.05, 0) is 12.0 Å². The average molecular weight is 213 g/mol. The first-order chi connectivity index (χ1) is 7.90. The molecule has 0 N–H and O–H groups in total. The van der Waals surface area contributed by atoms with E-state index in [0.717, 1.165) is 24.2 Å². The monoisotopic (exact) mass is 213 g/mol. The summed E-state index contributed by atoms with van der Waals surface area (Å²) in [6.07, 6.45) is 7.55. The standard InChI is InChI=1S/C13H15N3/c1-2-6-13-14-9-10-16(13)15-11-12-7-4-3-5-8-12/h3-5,7-11H,2,6H2,1H3. The maximum Gasteiger partial charge on any atom is 0.129 e. The van der Waals surface area contributed by atoms with Crippen molar-refractivity contribution in [3.8, 4) is 0 Å². The number of imidazole rings is 1. The number of aromatic nitrogens is 2. The van der Waals surface area contributed by atoms with Crippen LogP contribution in [-0.4, -0.2) is 15.9 Å². The summed E-state index contributed by atoms with van der Waals surface area (Å²) in [5, 5.41) is 4.38. The van der Waals surface area contributed by atoms with Crippen molar-refractivity contribution in [1.82, 2.24) is 9.66 Å². The highest BCUT2D eigenvalue weighted by Gasteiger charge is 1.98. The van der Waals surface area contributed by atoms with E-state index < -0.39 is 0 Å². The highest BCUT2D eigenvalue weighted by atomic mass is 15.4. The molecule has 1 aromatic heterocycles. The van der Waals surface area contributed by atoms with Crippen LogP contribution in [0.25, 0.3) is 0 Å². The van der Waals surface area contributed by atoms with E-state index in [9.17, 15) is 0 Å². The minimum absolute atomic E-state index is 0.957. The van der Waals surface area contributed by atoms with Gasteiger partial charge in [-0.15, -0.1) is 0 Å². The number of hydrogen-bond acceptors (Lipinski definition) is 2. The Hall–Kier alpha value is -1.90. The van der Waals surface area contributed by atoms with Crippen molar-refractivity contribution in [1.29, 1.82) is 0 Å². The van der Waals surface area contributed by atoms with Crippen LogP contribution in [0.3, 0.4) is 0 Å².